The minimum absolute atomic E-state index is 0.0847. The van der Waals surface area contributed by atoms with E-state index in [-0.39, 0.29) is 6.61 Å². The third-order valence-corrected chi connectivity index (χ3v) is 2.88. The Bertz CT molecular complexity index is 171. The van der Waals surface area contributed by atoms with Gasteiger partial charge in [-0.25, -0.2) is 0 Å². The van der Waals surface area contributed by atoms with Crippen molar-refractivity contribution in [2.24, 2.45) is 0 Å². The number of hydrogen-bond donors (Lipinski definition) is 1. The fraction of sp³-hybridized carbons (Fsp3) is 0.867. The number of allylic oxidation sites excluding steroid dienone is 1. The van der Waals surface area contributed by atoms with Crippen LogP contribution in [0.15, 0.2) is 12.7 Å². The zero-order valence-corrected chi connectivity index (χ0v) is 11.9. The van der Waals surface area contributed by atoms with E-state index in [1.54, 1.807) is 0 Å². The van der Waals surface area contributed by atoms with Crippen LogP contribution in [0.3, 0.4) is 0 Å². The van der Waals surface area contributed by atoms with Crippen LogP contribution in [0.5, 0.6) is 0 Å². The van der Waals surface area contributed by atoms with Crippen molar-refractivity contribution < 1.29 is 14.6 Å². The summed E-state index contributed by atoms with van der Waals surface area (Å²) in [5, 5.41) is 8.52. The molecule has 0 spiro atoms. The largest absolute Gasteiger partial charge is 0.394 e. The van der Waals surface area contributed by atoms with Gasteiger partial charge in [0.05, 0.1) is 32.5 Å². The lowest BCUT2D eigenvalue weighted by atomic mass is 10.1. The summed E-state index contributed by atoms with van der Waals surface area (Å²) in [4.78, 5) is 0. The van der Waals surface area contributed by atoms with Gasteiger partial charge in [-0.2, -0.15) is 0 Å². The maximum Gasteiger partial charge on any atom is 0.0704 e. The summed E-state index contributed by atoms with van der Waals surface area (Å²) in [7, 11) is 0. The molecule has 0 rings (SSSR count). The monoisotopic (exact) mass is 258 g/mol. The van der Waals surface area contributed by atoms with Crippen LogP contribution in [0.4, 0.5) is 0 Å². The highest BCUT2D eigenvalue weighted by Gasteiger charge is 2.01. The van der Waals surface area contributed by atoms with Crippen molar-refractivity contribution in [3.63, 3.8) is 0 Å². The minimum atomic E-state index is 0.0847. The molecule has 0 aromatic rings. The Balaban J connectivity index is 3.11. The molecule has 1 atom stereocenters. The van der Waals surface area contributed by atoms with Crippen molar-refractivity contribution in [2.45, 2.75) is 58.0 Å². The number of aliphatic hydroxyl groups excluding tert-OH is 1. The van der Waals surface area contributed by atoms with Crippen LogP contribution in [0.1, 0.15) is 51.9 Å². The highest BCUT2D eigenvalue weighted by atomic mass is 16.5. The Morgan fingerprint density at radius 2 is 1.78 bits per heavy atom. The Morgan fingerprint density at radius 3 is 2.50 bits per heavy atom. The van der Waals surface area contributed by atoms with Gasteiger partial charge in [-0.1, -0.05) is 31.8 Å². The first kappa shape index (κ1) is 17.6. The van der Waals surface area contributed by atoms with E-state index in [9.17, 15) is 0 Å². The van der Waals surface area contributed by atoms with Gasteiger partial charge in [0.2, 0.25) is 0 Å². The van der Waals surface area contributed by atoms with Gasteiger partial charge in [0.15, 0.2) is 0 Å². The molecule has 0 aromatic heterocycles. The summed E-state index contributed by atoms with van der Waals surface area (Å²) in [6.07, 6.45) is 11.0. The Kier molecular flexibility index (Phi) is 14.4. The van der Waals surface area contributed by atoms with E-state index in [1.165, 1.54) is 32.1 Å². The van der Waals surface area contributed by atoms with Crippen LogP contribution in [0.25, 0.3) is 0 Å². The molecule has 18 heavy (non-hydrogen) atoms. The number of hydrogen-bond acceptors (Lipinski definition) is 3. The van der Waals surface area contributed by atoms with Gasteiger partial charge < -0.3 is 14.6 Å². The van der Waals surface area contributed by atoms with Gasteiger partial charge in [-0.05, 0) is 26.2 Å². The minimum Gasteiger partial charge on any atom is -0.394 e. The van der Waals surface area contributed by atoms with E-state index in [0.29, 0.717) is 25.9 Å². The molecule has 0 bridgehead atoms. The molecular weight excluding hydrogens is 228 g/mol. The van der Waals surface area contributed by atoms with Crippen LogP contribution in [-0.4, -0.2) is 37.6 Å². The van der Waals surface area contributed by atoms with Crippen LogP contribution >= 0.6 is 0 Å². The lowest BCUT2D eigenvalue weighted by Crippen LogP contribution is -2.13. The topological polar surface area (TPSA) is 38.7 Å². The molecule has 0 aliphatic carbocycles. The van der Waals surface area contributed by atoms with Gasteiger partial charge in [0.25, 0.3) is 0 Å². The molecule has 0 amide bonds. The van der Waals surface area contributed by atoms with Crippen LogP contribution in [0.2, 0.25) is 0 Å². The average molecular weight is 258 g/mol. The van der Waals surface area contributed by atoms with Crippen molar-refractivity contribution >= 4 is 0 Å². The molecule has 0 saturated heterocycles. The summed E-state index contributed by atoms with van der Waals surface area (Å²) in [5.74, 6) is 0. The molecule has 0 saturated carbocycles. The van der Waals surface area contributed by atoms with Crippen molar-refractivity contribution in [1.29, 1.82) is 0 Å². The third kappa shape index (κ3) is 13.7. The molecule has 0 fully saturated rings. The number of ether oxygens (including phenoxy) is 2. The molecule has 0 aromatic carbocycles. The van der Waals surface area contributed by atoms with Crippen LogP contribution in [0, 0.1) is 0 Å². The molecule has 108 valence electrons. The molecule has 0 aliphatic rings. The molecular formula is C15H30O3. The summed E-state index contributed by atoms with van der Waals surface area (Å²) in [6.45, 7) is 7.53. The van der Waals surface area contributed by atoms with E-state index in [4.69, 9.17) is 14.6 Å². The van der Waals surface area contributed by atoms with Gasteiger partial charge >= 0.3 is 0 Å². The fourth-order valence-electron chi connectivity index (χ4n) is 1.81. The van der Waals surface area contributed by atoms with Gasteiger partial charge in [-0.3, -0.25) is 0 Å². The molecule has 3 nitrogen and oxygen atoms in total. The predicted molar refractivity (Wildman–Crippen MR) is 75.8 cm³/mol. The second kappa shape index (κ2) is 14.7. The van der Waals surface area contributed by atoms with Gasteiger partial charge in [0.1, 0.15) is 0 Å². The van der Waals surface area contributed by atoms with Crippen LogP contribution in [-0.2, 0) is 9.47 Å². The molecule has 3 heteroatoms. The smallest absolute Gasteiger partial charge is 0.0704 e. The van der Waals surface area contributed by atoms with E-state index in [1.807, 2.05) is 6.08 Å². The standard InChI is InChI=1S/C15H30O3/c1-3-4-5-6-7-8-9-10-15(2)18-14-13-17-12-11-16/h3,15-16H,1,4-14H2,2H3. The van der Waals surface area contributed by atoms with Crippen molar-refractivity contribution in [2.75, 3.05) is 26.4 Å². The van der Waals surface area contributed by atoms with E-state index < -0.39 is 0 Å². The zero-order valence-electron chi connectivity index (χ0n) is 11.9. The second-order valence-electron chi connectivity index (χ2n) is 4.65. The SMILES string of the molecule is C=CCCCCCCCC(C)OCCOCCO. The van der Waals surface area contributed by atoms with Gasteiger partial charge in [-0.15, -0.1) is 6.58 Å². The molecule has 0 aliphatic heterocycles. The van der Waals surface area contributed by atoms with E-state index >= 15 is 0 Å². The molecule has 0 heterocycles. The highest BCUT2D eigenvalue weighted by molar-refractivity contribution is 4.65. The predicted octanol–water partition coefficient (Wildman–Crippen LogP) is 3.32. The summed E-state index contributed by atoms with van der Waals surface area (Å²) >= 11 is 0. The van der Waals surface area contributed by atoms with Crippen molar-refractivity contribution in [3.8, 4) is 0 Å². The lowest BCUT2D eigenvalue weighted by molar-refractivity contribution is 0.000783. The highest BCUT2D eigenvalue weighted by Crippen LogP contribution is 2.10. The number of unbranched alkanes of at least 4 members (excludes halogenated alkanes) is 5. The summed E-state index contributed by atoms with van der Waals surface area (Å²) in [6, 6.07) is 0. The first-order chi connectivity index (χ1) is 8.81. The molecule has 0 radical (unpaired) electrons. The van der Waals surface area contributed by atoms with E-state index in [2.05, 4.69) is 13.5 Å². The first-order valence-electron chi connectivity index (χ1n) is 7.22. The fourth-order valence-corrected chi connectivity index (χ4v) is 1.81. The second-order valence-corrected chi connectivity index (χ2v) is 4.65. The van der Waals surface area contributed by atoms with Gasteiger partial charge in [0, 0.05) is 0 Å². The molecule has 1 N–H and O–H groups in total. The first-order valence-corrected chi connectivity index (χ1v) is 7.22. The lowest BCUT2D eigenvalue weighted by Gasteiger charge is -2.12. The molecule has 1 unspecified atom stereocenters. The van der Waals surface area contributed by atoms with Crippen molar-refractivity contribution in [3.05, 3.63) is 12.7 Å². The van der Waals surface area contributed by atoms with Crippen molar-refractivity contribution in [1.82, 2.24) is 0 Å². The summed E-state index contributed by atoms with van der Waals surface area (Å²) in [5.41, 5.74) is 0. The zero-order chi connectivity index (χ0) is 13.5. The maximum atomic E-state index is 8.52. The Labute approximate surface area is 112 Å². The number of aliphatic hydroxyl groups is 1. The average Bonchev–Trinajstić information content (AvgIpc) is 2.37. The quantitative estimate of drug-likeness (QED) is 0.384. The maximum absolute atomic E-state index is 8.52. The Morgan fingerprint density at radius 1 is 1.06 bits per heavy atom. The number of rotatable bonds is 14. The summed E-state index contributed by atoms with van der Waals surface area (Å²) < 4.78 is 10.7. The third-order valence-electron chi connectivity index (χ3n) is 2.88. The normalized spacial score (nSPS) is 12.6. The van der Waals surface area contributed by atoms with E-state index in [0.717, 1.165) is 12.8 Å². The van der Waals surface area contributed by atoms with Crippen LogP contribution < -0.4 is 0 Å². The Hall–Kier alpha value is -0.380.